The van der Waals surface area contributed by atoms with Gasteiger partial charge in [-0.15, -0.1) is 0 Å². The monoisotopic (exact) mass is 573 g/mol. The molecular formula is C28H43N7O6. The Morgan fingerprint density at radius 3 is 2.44 bits per heavy atom. The molecule has 0 heterocycles. The highest BCUT2D eigenvalue weighted by Gasteiger charge is 2.44. The lowest BCUT2D eigenvalue weighted by Gasteiger charge is -2.27. The number of hydrogen-bond acceptors (Lipinski definition) is 8. The number of nitrogens with one attached hydrogen (secondary N) is 3. The smallest absolute Gasteiger partial charge is 0.408 e. The van der Waals surface area contributed by atoms with E-state index in [1.807, 2.05) is 44.2 Å². The second kappa shape index (κ2) is 15.8. The number of hydrazine groups is 1. The van der Waals surface area contributed by atoms with Gasteiger partial charge in [0.05, 0.1) is 0 Å². The lowest BCUT2D eigenvalue weighted by Crippen LogP contribution is -2.53. The van der Waals surface area contributed by atoms with E-state index in [2.05, 4.69) is 26.1 Å². The van der Waals surface area contributed by atoms with Crippen LogP contribution in [0.25, 0.3) is 10.4 Å². The van der Waals surface area contributed by atoms with Gasteiger partial charge in [-0.3, -0.25) is 19.8 Å². The van der Waals surface area contributed by atoms with Crippen molar-refractivity contribution in [1.82, 2.24) is 21.1 Å². The Kier molecular flexibility index (Phi) is 12.9. The minimum Gasteiger partial charge on any atom is -0.460 e. The van der Waals surface area contributed by atoms with E-state index < -0.39 is 41.6 Å². The van der Waals surface area contributed by atoms with Gasteiger partial charge in [-0.25, -0.2) is 9.80 Å². The SMILES string of the molecule is CC(C)C[C@H](NC(=O)OC(C)(C)C)C(=O)N[C@H](CC(=O)NN(C)CC(=O)OCc1ccccc1)[C@H]1C[C@H]1CN=[N+]=[N-]. The average molecular weight is 574 g/mol. The predicted octanol–water partition coefficient (Wildman–Crippen LogP) is 3.45. The zero-order valence-corrected chi connectivity index (χ0v) is 24.8. The Hall–Kier alpha value is -3.83. The fourth-order valence-corrected chi connectivity index (χ4v) is 4.34. The largest absolute Gasteiger partial charge is 0.460 e. The Bertz CT molecular complexity index is 1090. The normalized spacial score (nSPS) is 17.6. The van der Waals surface area contributed by atoms with Crippen molar-refractivity contribution in [3.05, 3.63) is 46.3 Å². The molecule has 3 amide bonds. The second-order valence-corrected chi connectivity index (χ2v) is 11.8. The van der Waals surface area contributed by atoms with Gasteiger partial charge in [-0.1, -0.05) is 49.3 Å². The molecule has 41 heavy (non-hydrogen) atoms. The highest BCUT2D eigenvalue weighted by Crippen LogP contribution is 2.42. The summed E-state index contributed by atoms with van der Waals surface area (Å²) in [6, 6.07) is 7.81. The number of benzene rings is 1. The van der Waals surface area contributed by atoms with Gasteiger partial charge in [0.1, 0.15) is 24.8 Å². The molecule has 0 aliphatic heterocycles. The topological polar surface area (TPSA) is 175 Å². The summed E-state index contributed by atoms with van der Waals surface area (Å²) < 4.78 is 10.6. The number of carbonyl (C=O) groups excluding carboxylic acids is 4. The lowest BCUT2D eigenvalue weighted by atomic mass is 10.0. The molecule has 2 rings (SSSR count). The van der Waals surface area contributed by atoms with Crippen molar-refractivity contribution in [2.45, 2.75) is 78.2 Å². The third-order valence-electron chi connectivity index (χ3n) is 6.25. The van der Waals surface area contributed by atoms with Crippen molar-refractivity contribution in [2.75, 3.05) is 20.1 Å². The van der Waals surface area contributed by atoms with Crippen LogP contribution in [-0.2, 0) is 30.5 Å². The molecule has 1 aromatic rings. The molecule has 0 bridgehead atoms. The van der Waals surface area contributed by atoms with Crippen LogP contribution in [0.2, 0.25) is 0 Å². The summed E-state index contributed by atoms with van der Waals surface area (Å²) in [5.41, 5.74) is 11.4. The Morgan fingerprint density at radius 2 is 1.83 bits per heavy atom. The molecule has 13 heteroatoms. The number of esters is 1. The average Bonchev–Trinajstić information content (AvgIpc) is 3.64. The molecule has 1 fully saturated rings. The molecular weight excluding hydrogens is 530 g/mol. The van der Waals surface area contributed by atoms with E-state index in [4.69, 9.17) is 15.0 Å². The predicted molar refractivity (Wildman–Crippen MR) is 152 cm³/mol. The van der Waals surface area contributed by atoms with E-state index in [1.165, 1.54) is 5.01 Å². The Labute approximate surface area is 241 Å². The summed E-state index contributed by atoms with van der Waals surface area (Å²) in [5, 5.41) is 10.5. The van der Waals surface area contributed by atoms with Crippen LogP contribution >= 0.6 is 0 Å². The van der Waals surface area contributed by atoms with Crippen molar-refractivity contribution in [3.63, 3.8) is 0 Å². The zero-order valence-electron chi connectivity index (χ0n) is 24.8. The number of azide groups is 1. The second-order valence-electron chi connectivity index (χ2n) is 11.8. The Morgan fingerprint density at radius 1 is 1.15 bits per heavy atom. The van der Waals surface area contributed by atoms with E-state index in [1.54, 1.807) is 27.8 Å². The first-order valence-corrected chi connectivity index (χ1v) is 13.8. The maximum atomic E-state index is 13.3. The summed E-state index contributed by atoms with van der Waals surface area (Å²) in [4.78, 5) is 53.7. The highest BCUT2D eigenvalue weighted by atomic mass is 16.6. The number of likely N-dealkylation sites (N-methyl/N-ethyl adjacent to an activating group) is 1. The fourth-order valence-electron chi connectivity index (χ4n) is 4.34. The van der Waals surface area contributed by atoms with E-state index in [0.29, 0.717) is 12.8 Å². The molecule has 13 nitrogen and oxygen atoms in total. The van der Waals surface area contributed by atoms with Gasteiger partial charge in [-0.05, 0) is 62.5 Å². The van der Waals surface area contributed by atoms with Gasteiger partial charge in [0.2, 0.25) is 11.8 Å². The standard InChI is InChI=1S/C28H43N7O6/c1-18(2)12-23(32-27(39)41-28(3,4)5)26(38)31-22(21-13-20(21)15-30-34-29)14-24(36)33-35(6)16-25(37)40-17-19-10-8-7-9-11-19/h7-11,18,20-23H,12-17H2,1-6H3,(H,31,38)(H,32,39)(H,33,36)/t20-,21-,22+,23-/m0/s1. The zero-order chi connectivity index (χ0) is 30.6. The van der Waals surface area contributed by atoms with Crippen LogP contribution in [0, 0.1) is 17.8 Å². The summed E-state index contributed by atoms with van der Waals surface area (Å²) in [6.07, 6.45) is 0.256. The number of rotatable bonds is 15. The number of nitrogens with zero attached hydrogens (tertiary/aromatic N) is 4. The van der Waals surface area contributed by atoms with E-state index in [9.17, 15) is 19.2 Å². The third-order valence-corrected chi connectivity index (χ3v) is 6.25. The van der Waals surface area contributed by atoms with E-state index in [0.717, 1.165) is 5.56 Å². The molecule has 0 aromatic heterocycles. The number of alkyl carbamates (subject to hydrolysis) is 1. The van der Waals surface area contributed by atoms with Crippen LogP contribution < -0.4 is 16.1 Å². The lowest BCUT2D eigenvalue weighted by molar-refractivity contribution is -0.147. The number of amides is 3. The van der Waals surface area contributed by atoms with Crippen LogP contribution in [-0.4, -0.2) is 66.7 Å². The molecule has 0 saturated heterocycles. The number of hydrogen-bond donors (Lipinski definition) is 3. The van der Waals surface area contributed by atoms with Gasteiger partial charge in [0.15, 0.2) is 0 Å². The van der Waals surface area contributed by atoms with Gasteiger partial charge in [0, 0.05) is 31.0 Å². The first kappa shape index (κ1) is 33.4. The van der Waals surface area contributed by atoms with Crippen molar-refractivity contribution in [3.8, 4) is 0 Å². The van der Waals surface area contributed by atoms with Crippen molar-refractivity contribution >= 4 is 23.9 Å². The maximum absolute atomic E-state index is 13.3. The maximum Gasteiger partial charge on any atom is 0.408 e. The molecule has 1 aliphatic rings. The molecule has 3 N–H and O–H groups in total. The van der Waals surface area contributed by atoms with Crippen molar-refractivity contribution in [1.29, 1.82) is 0 Å². The van der Waals surface area contributed by atoms with E-state index in [-0.39, 0.29) is 43.9 Å². The Balaban J connectivity index is 1.99. The fraction of sp³-hybridized carbons (Fsp3) is 0.643. The van der Waals surface area contributed by atoms with Crippen LogP contribution in [0.1, 0.15) is 59.4 Å². The molecule has 0 spiro atoms. The minimum absolute atomic E-state index is 0.0251. The first-order valence-electron chi connectivity index (χ1n) is 13.8. The first-order chi connectivity index (χ1) is 19.3. The summed E-state index contributed by atoms with van der Waals surface area (Å²) >= 11 is 0. The van der Waals surface area contributed by atoms with E-state index >= 15 is 0 Å². The van der Waals surface area contributed by atoms with Crippen molar-refractivity contribution < 1.29 is 28.7 Å². The molecule has 1 saturated carbocycles. The molecule has 1 aliphatic carbocycles. The van der Waals surface area contributed by atoms with Gasteiger partial charge in [-0.2, -0.15) is 0 Å². The van der Waals surface area contributed by atoms with Crippen LogP contribution in [0.4, 0.5) is 4.79 Å². The summed E-state index contributed by atoms with van der Waals surface area (Å²) in [5.74, 6) is -1.33. The van der Waals surface area contributed by atoms with Crippen LogP contribution in [0.3, 0.4) is 0 Å². The van der Waals surface area contributed by atoms with Crippen molar-refractivity contribution in [2.24, 2.45) is 22.9 Å². The van der Waals surface area contributed by atoms with Crippen LogP contribution in [0.5, 0.6) is 0 Å². The molecule has 4 atom stereocenters. The summed E-state index contributed by atoms with van der Waals surface area (Å²) in [7, 11) is 1.54. The highest BCUT2D eigenvalue weighted by molar-refractivity contribution is 5.86. The third kappa shape index (κ3) is 13.4. The van der Waals surface area contributed by atoms with Gasteiger partial charge in [0.25, 0.3) is 0 Å². The van der Waals surface area contributed by atoms with Gasteiger partial charge < -0.3 is 20.1 Å². The molecule has 226 valence electrons. The quantitative estimate of drug-likeness (QED) is 0.0946. The molecule has 0 radical (unpaired) electrons. The van der Waals surface area contributed by atoms with Gasteiger partial charge >= 0.3 is 12.1 Å². The van der Waals surface area contributed by atoms with Crippen LogP contribution in [0.15, 0.2) is 35.4 Å². The number of carbonyl (C=O) groups is 4. The number of ether oxygens (including phenoxy) is 2. The summed E-state index contributed by atoms with van der Waals surface area (Å²) in [6.45, 7) is 9.27. The molecule has 0 unspecified atom stereocenters. The minimum atomic E-state index is -0.869. The molecule has 1 aromatic carbocycles.